The van der Waals surface area contributed by atoms with Crippen LogP contribution in [0.4, 0.5) is 16.0 Å². The number of anilines is 2. The molecule has 11 nitrogen and oxygen atoms in total. The molecule has 1 amide bonds. The number of carbonyl (C=O) groups excluding carboxylic acids is 1. The van der Waals surface area contributed by atoms with Crippen LogP contribution in [-0.2, 0) is 13.6 Å². The average Bonchev–Trinajstić information content (AvgIpc) is 3.38. The summed E-state index contributed by atoms with van der Waals surface area (Å²) in [6.07, 6.45) is 5.51. The van der Waals surface area contributed by atoms with Gasteiger partial charge in [0.1, 0.15) is 29.1 Å². The Kier molecular flexibility index (Phi) is 4.61. The molecule has 0 saturated heterocycles. The van der Waals surface area contributed by atoms with E-state index in [9.17, 15) is 9.18 Å². The van der Waals surface area contributed by atoms with Gasteiger partial charge in [-0.15, -0.1) is 0 Å². The van der Waals surface area contributed by atoms with E-state index in [0.717, 1.165) is 6.20 Å². The summed E-state index contributed by atoms with van der Waals surface area (Å²) in [4.78, 5) is 25.9. The molecule has 0 fully saturated rings. The van der Waals surface area contributed by atoms with E-state index in [0.29, 0.717) is 22.6 Å². The normalized spacial score (nSPS) is 16.3. The minimum absolute atomic E-state index is 0.153. The van der Waals surface area contributed by atoms with Gasteiger partial charge in [-0.1, -0.05) is 0 Å². The number of aryl methyl sites for hydroxylation is 1. The van der Waals surface area contributed by atoms with Gasteiger partial charge in [0, 0.05) is 25.4 Å². The van der Waals surface area contributed by atoms with E-state index in [2.05, 4.69) is 30.7 Å². The Labute approximate surface area is 181 Å². The highest BCUT2D eigenvalue weighted by Gasteiger charge is 2.24. The van der Waals surface area contributed by atoms with Gasteiger partial charge in [0.25, 0.3) is 5.91 Å². The molecule has 4 N–H and O–H groups in total. The van der Waals surface area contributed by atoms with Crippen LogP contribution in [-0.4, -0.2) is 47.7 Å². The zero-order valence-corrected chi connectivity index (χ0v) is 17.3. The number of ether oxygens (including phenoxy) is 1. The van der Waals surface area contributed by atoms with Crippen LogP contribution in [0.15, 0.2) is 31.0 Å². The monoisotopic (exact) mass is 437 g/mol. The first kappa shape index (κ1) is 19.7. The van der Waals surface area contributed by atoms with Crippen LogP contribution in [0.1, 0.15) is 22.8 Å². The van der Waals surface area contributed by atoms with Gasteiger partial charge in [0.15, 0.2) is 5.65 Å². The predicted molar refractivity (Wildman–Crippen MR) is 114 cm³/mol. The van der Waals surface area contributed by atoms with E-state index in [-0.39, 0.29) is 41.9 Å². The summed E-state index contributed by atoms with van der Waals surface area (Å²) in [5.74, 6) is 0.0187. The fourth-order valence-corrected chi connectivity index (χ4v) is 3.54. The number of amides is 1. The molecule has 1 aliphatic heterocycles. The molecule has 0 radical (unpaired) electrons. The Morgan fingerprint density at radius 1 is 1.28 bits per heavy atom. The predicted octanol–water partition coefficient (Wildman–Crippen LogP) is 1.37. The summed E-state index contributed by atoms with van der Waals surface area (Å²) >= 11 is 0. The minimum Gasteiger partial charge on any atom is -0.473 e. The van der Waals surface area contributed by atoms with E-state index in [4.69, 9.17) is 10.5 Å². The molecule has 5 rings (SSSR count). The number of nitrogens with one attached hydrogen (secondary N) is 2. The number of hydrogen-bond donors (Lipinski definition) is 3. The number of fused-ring (bicyclic) bond motifs is 2. The van der Waals surface area contributed by atoms with Gasteiger partial charge in [0.2, 0.25) is 5.88 Å². The zero-order valence-electron chi connectivity index (χ0n) is 17.3. The number of nitrogens with zero attached hydrogens (tertiary/aromatic N) is 6. The van der Waals surface area contributed by atoms with Gasteiger partial charge in [-0.3, -0.25) is 4.79 Å². The van der Waals surface area contributed by atoms with Crippen molar-refractivity contribution in [1.82, 2.24) is 34.4 Å². The molecule has 164 valence electrons. The summed E-state index contributed by atoms with van der Waals surface area (Å²) in [5, 5.41) is 10.2. The van der Waals surface area contributed by atoms with Gasteiger partial charge in [0.05, 0.1) is 36.5 Å². The van der Waals surface area contributed by atoms with Gasteiger partial charge in [-0.25, -0.2) is 19.3 Å². The van der Waals surface area contributed by atoms with E-state index < -0.39 is 11.9 Å². The maximum atomic E-state index is 13.9. The Bertz CT molecular complexity index is 1350. The molecule has 2 bridgehead atoms. The lowest BCUT2D eigenvalue weighted by Crippen LogP contribution is -2.33. The summed E-state index contributed by atoms with van der Waals surface area (Å²) in [6.45, 7) is 2.14. The molecular weight excluding hydrogens is 417 g/mol. The van der Waals surface area contributed by atoms with E-state index in [1.54, 1.807) is 24.0 Å². The molecular formula is C20H20FN9O2. The Morgan fingerprint density at radius 2 is 2.12 bits per heavy atom. The van der Waals surface area contributed by atoms with Crippen LogP contribution in [0.3, 0.4) is 0 Å². The van der Waals surface area contributed by atoms with E-state index in [1.165, 1.54) is 16.8 Å². The second kappa shape index (κ2) is 7.48. The number of pyridine rings is 1. The summed E-state index contributed by atoms with van der Waals surface area (Å²) in [5.41, 5.74) is 8.55. The van der Waals surface area contributed by atoms with Crippen molar-refractivity contribution in [3.8, 4) is 17.1 Å². The van der Waals surface area contributed by atoms with Crippen molar-refractivity contribution in [1.29, 1.82) is 0 Å². The van der Waals surface area contributed by atoms with Crippen LogP contribution in [0, 0.1) is 5.82 Å². The van der Waals surface area contributed by atoms with Gasteiger partial charge < -0.3 is 25.7 Å². The largest absolute Gasteiger partial charge is 0.473 e. The van der Waals surface area contributed by atoms with Crippen LogP contribution < -0.4 is 21.1 Å². The molecule has 0 saturated carbocycles. The fraction of sp³-hybridized carbons (Fsp3) is 0.250. The third kappa shape index (κ3) is 3.35. The second-order valence-corrected chi connectivity index (χ2v) is 7.55. The highest BCUT2D eigenvalue weighted by atomic mass is 19.1. The number of imidazole rings is 1. The molecule has 1 atom stereocenters. The number of halogens is 1. The van der Waals surface area contributed by atoms with Gasteiger partial charge in [-0.2, -0.15) is 9.61 Å². The van der Waals surface area contributed by atoms with Crippen LogP contribution in [0.5, 0.6) is 5.88 Å². The number of carbonyl (C=O) groups is 1. The smallest absolute Gasteiger partial charge is 0.256 e. The Hall–Kier alpha value is -4.22. The molecule has 4 aromatic rings. The maximum absolute atomic E-state index is 13.9. The number of hydrogen-bond acceptors (Lipinski definition) is 8. The zero-order chi connectivity index (χ0) is 22.4. The third-order valence-corrected chi connectivity index (χ3v) is 5.09. The molecule has 0 unspecified atom stereocenters. The molecule has 32 heavy (non-hydrogen) atoms. The first-order valence-corrected chi connectivity index (χ1v) is 9.89. The molecule has 12 heteroatoms. The molecule has 4 aromatic heterocycles. The van der Waals surface area contributed by atoms with Crippen molar-refractivity contribution in [3.05, 3.63) is 47.9 Å². The summed E-state index contributed by atoms with van der Waals surface area (Å²) in [6, 6.07) is 1.34. The third-order valence-electron chi connectivity index (χ3n) is 5.09. The lowest BCUT2D eigenvalue weighted by atomic mass is 10.2. The highest BCUT2D eigenvalue weighted by Crippen LogP contribution is 2.33. The quantitative estimate of drug-likeness (QED) is 0.406. The molecule has 0 spiro atoms. The molecule has 5 heterocycles. The number of nitrogens with two attached hydrogens (primary N) is 1. The molecule has 1 aliphatic rings. The van der Waals surface area contributed by atoms with Crippen LogP contribution in [0.25, 0.3) is 16.9 Å². The van der Waals surface area contributed by atoms with Gasteiger partial charge >= 0.3 is 0 Å². The summed E-state index contributed by atoms with van der Waals surface area (Å²) in [7, 11) is 1.83. The van der Waals surface area contributed by atoms with Crippen molar-refractivity contribution >= 4 is 23.2 Å². The standard InChI is InChI=1S/C20H20FN9O2/c1-10-4-24-19(31)13-7-27-30-16(22)15(14-8-29(2)9-26-14)17(28-18(13)30)23-5-11-3-12(21)6-25-20(11)32-10/h3,6-10H,4-5,22H2,1-2H3,(H,23,28)(H,24,31)/t10-/m0/s1. The van der Waals surface area contributed by atoms with Crippen molar-refractivity contribution in [2.45, 2.75) is 19.6 Å². The molecule has 0 aromatic carbocycles. The number of aromatic nitrogens is 6. The van der Waals surface area contributed by atoms with Gasteiger partial charge in [-0.05, 0) is 13.0 Å². The first-order valence-electron chi connectivity index (χ1n) is 9.89. The minimum atomic E-state index is -0.495. The van der Waals surface area contributed by atoms with Crippen LogP contribution >= 0.6 is 0 Å². The lowest BCUT2D eigenvalue weighted by Gasteiger charge is -2.17. The Balaban J connectivity index is 1.71. The fourth-order valence-electron chi connectivity index (χ4n) is 3.54. The van der Waals surface area contributed by atoms with E-state index >= 15 is 0 Å². The maximum Gasteiger partial charge on any atom is 0.256 e. The Morgan fingerprint density at radius 3 is 2.91 bits per heavy atom. The summed E-state index contributed by atoms with van der Waals surface area (Å²) < 4.78 is 23.0. The van der Waals surface area contributed by atoms with Crippen molar-refractivity contribution in [2.24, 2.45) is 7.05 Å². The first-order chi connectivity index (χ1) is 15.4. The van der Waals surface area contributed by atoms with Crippen molar-refractivity contribution in [3.63, 3.8) is 0 Å². The highest BCUT2D eigenvalue weighted by molar-refractivity contribution is 6.00. The average molecular weight is 437 g/mol. The second-order valence-electron chi connectivity index (χ2n) is 7.55. The SMILES string of the molecule is C[C@H]1CNC(=O)c2cnn3c(N)c(-c4cn(C)cn4)c(nc23)NCc2cc(F)cnc2O1. The molecule has 0 aliphatic carbocycles. The number of nitrogen functional groups attached to an aromatic ring is 1. The van der Waals surface area contributed by atoms with Crippen molar-refractivity contribution in [2.75, 3.05) is 17.6 Å². The topological polar surface area (TPSA) is 137 Å². The number of rotatable bonds is 1. The van der Waals surface area contributed by atoms with Crippen molar-refractivity contribution < 1.29 is 13.9 Å². The van der Waals surface area contributed by atoms with E-state index in [1.807, 2.05) is 7.05 Å². The van der Waals surface area contributed by atoms with Crippen LogP contribution in [0.2, 0.25) is 0 Å². The lowest BCUT2D eigenvalue weighted by molar-refractivity contribution is 0.0932.